The van der Waals surface area contributed by atoms with Crippen LogP contribution in [0.25, 0.3) is 17.1 Å². The van der Waals surface area contributed by atoms with Crippen molar-refractivity contribution in [2.24, 2.45) is 0 Å². The lowest BCUT2D eigenvalue weighted by Crippen LogP contribution is -2.48. The number of nitrogens with zero attached hydrogens (tertiary/aromatic N) is 4. The van der Waals surface area contributed by atoms with E-state index in [1.54, 1.807) is 0 Å². The molecular weight excluding hydrogens is 428 g/mol. The van der Waals surface area contributed by atoms with Crippen molar-refractivity contribution in [2.75, 3.05) is 25.6 Å². The molecule has 0 spiro atoms. The zero-order chi connectivity index (χ0) is 22.1. The van der Waals surface area contributed by atoms with Crippen molar-refractivity contribution in [1.29, 1.82) is 0 Å². The van der Waals surface area contributed by atoms with E-state index in [-0.39, 0.29) is 30.7 Å². The van der Waals surface area contributed by atoms with E-state index in [9.17, 15) is 4.79 Å². The van der Waals surface area contributed by atoms with Gasteiger partial charge in [-0.1, -0.05) is 30.0 Å². The van der Waals surface area contributed by atoms with Crippen LogP contribution >= 0.6 is 11.8 Å². The lowest BCUT2D eigenvalue weighted by Gasteiger charge is -2.35. The number of aromatic nitrogens is 3. The maximum atomic E-state index is 12.9. The van der Waals surface area contributed by atoms with Gasteiger partial charge in [-0.25, -0.2) is 0 Å². The molecule has 166 valence electrons. The van der Waals surface area contributed by atoms with Gasteiger partial charge in [0.25, 0.3) is 0 Å². The number of carbonyl (C=O) groups is 1. The van der Waals surface area contributed by atoms with Gasteiger partial charge in [0.2, 0.25) is 12.7 Å². The van der Waals surface area contributed by atoms with Crippen LogP contribution in [0.4, 0.5) is 0 Å². The Balaban J connectivity index is 1.42. The van der Waals surface area contributed by atoms with Crippen LogP contribution in [0.15, 0.2) is 53.7 Å². The zero-order valence-electron chi connectivity index (χ0n) is 17.9. The molecule has 5 rings (SSSR count). The van der Waals surface area contributed by atoms with E-state index < -0.39 is 0 Å². The normalized spacial score (nSPS) is 19.9. The molecule has 2 aliphatic heterocycles. The fourth-order valence-corrected chi connectivity index (χ4v) is 4.85. The predicted octanol–water partition coefficient (Wildman–Crippen LogP) is 3.39. The maximum absolute atomic E-state index is 12.9. The summed E-state index contributed by atoms with van der Waals surface area (Å²) < 4.78 is 18.7. The second-order valence-electron chi connectivity index (χ2n) is 7.89. The van der Waals surface area contributed by atoms with Gasteiger partial charge in [0, 0.05) is 24.3 Å². The molecule has 2 atom stereocenters. The van der Waals surface area contributed by atoms with E-state index in [0.717, 1.165) is 11.3 Å². The zero-order valence-corrected chi connectivity index (χ0v) is 18.7. The highest BCUT2D eigenvalue weighted by Gasteiger charge is 2.27. The highest BCUT2D eigenvalue weighted by atomic mass is 32.2. The van der Waals surface area contributed by atoms with Crippen LogP contribution in [-0.2, 0) is 9.53 Å². The first-order chi connectivity index (χ1) is 15.6. The summed E-state index contributed by atoms with van der Waals surface area (Å²) in [5, 5.41) is 9.53. The molecule has 0 unspecified atom stereocenters. The van der Waals surface area contributed by atoms with Gasteiger partial charge >= 0.3 is 0 Å². The molecule has 9 heteroatoms. The average Bonchev–Trinajstić information content (AvgIpc) is 3.43. The molecule has 32 heavy (non-hydrogen) atoms. The van der Waals surface area contributed by atoms with Crippen LogP contribution in [0.3, 0.4) is 0 Å². The molecule has 3 heterocycles. The summed E-state index contributed by atoms with van der Waals surface area (Å²) in [5.41, 5.74) is 1.79. The number of carbonyl (C=O) groups excluding carboxylic acids is 1. The van der Waals surface area contributed by atoms with Crippen molar-refractivity contribution < 1.29 is 19.0 Å². The lowest BCUT2D eigenvalue weighted by atomic mass is 10.2. The van der Waals surface area contributed by atoms with Gasteiger partial charge in [-0.05, 0) is 44.2 Å². The molecule has 1 saturated heterocycles. The number of fused-ring (bicyclic) bond motifs is 1. The third kappa shape index (κ3) is 4.18. The van der Waals surface area contributed by atoms with Crippen LogP contribution in [0.1, 0.15) is 13.8 Å². The van der Waals surface area contributed by atoms with E-state index >= 15 is 0 Å². The smallest absolute Gasteiger partial charge is 0.233 e. The Labute approximate surface area is 190 Å². The Morgan fingerprint density at radius 3 is 2.56 bits per heavy atom. The number of ether oxygens (including phenoxy) is 3. The van der Waals surface area contributed by atoms with Crippen molar-refractivity contribution in [2.45, 2.75) is 31.2 Å². The summed E-state index contributed by atoms with van der Waals surface area (Å²) >= 11 is 1.39. The third-order valence-corrected chi connectivity index (χ3v) is 6.29. The van der Waals surface area contributed by atoms with Gasteiger partial charge in [0.05, 0.1) is 18.0 Å². The van der Waals surface area contributed by atoms with E-state index in [2.05, 4.69) is 10.2 Å². The maximum Gasteiger partial charge on any atom is 0.233 e. The standard InChI is InChI=1S/C23H24N4O4S/c1-15-11-26(12-16(2)31-15)21(28)13-32-23-25-24-22(27(23)18-6-4-3-5-7-18)17-8-9-19-20(10-17)30-14-29-19/h3-10,15-16H,11-14H2,1-2H3/t15-,16-/m1/s1. The number of morpholine rings is 1. The first-order valence-electron chi connectivity index (χ1n) is 10.6. The largest absolute Gasteiger partial charge is 0.454 e. The number of rotatable bonds is 5. The van der Waals surface area contributed by atoms with E-state index in [1.165, 1.54) is 11.8 Å². The van der Waals surface area contributed by atoms with Crippen molar-refractivity contribution in [1.82, 2.24) is 19.7 Å². The molecule has 2 aliphatic rings. The van der Waals surface area contributed by atoms with Crippen molar-refractivity contribution in [3.63, 3.8) is 0 Å². The molecule has 2 aromatic carbocycles. The summed E-state index contributed by atoms with van der Waals surface area (Å²) in [7, 11) is 0. The second kappa shape index (κ2) is 8.84. The molecule has 8 nitrogen and oxygen atoms in total. The van der Waals surface area contributed by atoms with Crippen molar-refractivity contribution >= 4 is 17.7 Å². The molecule has 0 radical (unpaired) electrons. The number of hydrogen-bond donors (Lipinski definition) is 0. The van der Waals surface area contributed by atoms with Gasteiger partial charge in [-0.3, -0.25) is 9.36 Å². The Hall–Kier alpha value is -3.04. The SMILES string of the molecule is C[C@@H]1CN(C(=O)CSc2nnc(-c3ccc4c(c3)OCO4)n2-c2ccccc2)C[C@@H](C)O1. The highest BCUT2D eigenvalue weighted by Crippen LogP contribution is 2.37. The fraction of sp³-hybridized carbons (Fsp3) is 0.348. The Morgan fingerprint density at radius 1 is 1.03 bits per heavy atom. The Bertz CT molecular complexity index is 1110. The number of benzene rings is 2. The summed E-state index contributed by atoms with van der Waals surface area (Å²) in [5.74, 6) is 2.44. The molecule has 3 aromatic rings. The summed E-state index contributed by atoms with van der Waals surface area (Å²) in [6.45, 7) is 5.42. The van der Waals surface area contributed by atoms with Crippen LogP contribution in [-0.4, -0.2) is 63.4 Å². The summed E-state index contributed by atoms with van der Waals surface area (Å²) in [4.78, 5) is 14.7. The monoisotopic (exact) mass is 452 g/mol. The fourth-order valence-electron chi connectivity index (χ4n) is 3.99. The van der Waals surface area contributed by atoms with Gasteiger partial charge in [0.15, 0.2) is 22.5 Å². The first-order valence-corrected chi connectivity index (χ1v) is 11.5. The molecule has 0 bridgehead atoms. The second-order valence-corrected chi connectivity index (χ2v) is 8.83. The number of thioether (sulfide) groups is 1. The molecule has 1 fully saturated rings. The van der Waals surface area contributed by atoms with E-state index in [0.29, 0.717) is 35.6 Å². The van der Waals surface area contributed by atoms with E-state index in [1.807, 2.05) is 71.8 Å². The van der Waals surface area contributed by atoms with Crippen molar-refractivity contribution in [3.8, 4) is 28.6 Å². The molecular formula is C23H24N4O4S. The highest BCUT2D eigenvalue weighted by molar-refractivity contribution is 7.99. The first kappa shape index (κ1) is 20.8. The number of para-hydroxylation sites is 1. The van der Waals surface area contributed by atoms with Gasteiger partial charge in [-0.2, -0.15) is 0 Å². The van der Waals surface area contributed by atoms with Crippen LogP contribution in [0, 0.1) is 0 Å². The number of amides is 1. The minimum absolute atomic E-state index is 0.0401. The van der Waals surface area contributed by atoms with Crippen LogP contribution in [0.2, 0.25) is 0 Å². The van der Waals surface area contributed by atoms with Crippen LogP contribution in [0.5, 0.6) is 11.5 Å². The molecule has 1 aromatic heterocycles. The average molecular weight is 453 g/mol. The summed E-state index contributed by atoms with van der Waals surface area (Å²) in [6, 6.07) is 15.6. The Morgan fingerprint density at radius 2 is 1.78 bits per heavy atom. The molecule has 0 N–H and O–H groups in total. The topological polar surface area (TPSA) is 78.7 Å². The molecule has 0 saturated carbocycles. The van der Waals surface area contributed by atoms with Gasteiger partial charge < -0.3 is 19.1 Å². The van der Waals surface area contributed by atoms with E-state index in [4.69, 9.17) is 14.2 Å². The lowest BCUT2D eigenvalue weighted by molar-refractivity contribution is -0.140. The minimum atomic E-state index is 0.0401. The molecule has 1 amide bonds. The molecule has 0 aliphatic carbocycles. The predicted molar refractivity (Wildman–Crippen MR) is 120 cm³/mol. The quantitative estimate of drug-likeness (QED) is 0.549. The van der Waals surface area contributed by atoms with Crippen LogP contribution < -0.4 is 9.47 Å². The Kier molecular flexibility index (Phi) is 5.75. The van der Waals surface area contributed by atoms with Gasteiger partial charge in [-0.15, -0.1) is 10.2 Å². The third-order valence-electron chi connectivity index (χ3n) is 5.38. The van der Waals surface area contributed by atoms with Gasteiger partial charge in [0.1, 0.15) is 0 Å². The number of hydrogen-bond acceptors (Lipinski definition) is 7. The summed E-state index contributed by atoms with van der Waals surface area (Å²) in [6.07, 6.45) is 0.0802. The van der Waals surface area contributed by atoms with Crippen molar-refractivity contribution in [3.05, 3.63) is 48.5 Å². The minimum Gasteiger partial charge on any atom is -0.454 e.